The number of ether oxygens (including phenoxy) is 1. The van der Waals surface area contributed by atoms with Gasteiger partial charge in [0.05, 0.1) is 4.92 Å². The Balaban J connectivity index is 2.18. The van der Waals surface area contributed by atoms with Crippen LogP contribution in [0.2, 0.25) is 0 Å². The molecule has 0 aliphatic heterocycles. The lowest BCUT2D eigenvalue weighted by molar-refractivity contribution is -0.386. The Morgan fingerprint density at radius 3 is 2.79 bits per heavy atom. The zero-order valence-corrected chi connectivity index (χ0v) is 11.3. The van der Waals surface area contributed by atoms with E-state index < -0.39 is 4.92 Å². The van der Waals surface area contributed by atoms with Gasteiger partial charge in [0.25, 0.3) is 5.88 Å². The van der Waals surface area contributed by atoms with Crippen molar-refractivity contribution in [3.8, 4) is 5.88 Å². The van der Waals surface area contributed by atoms with Crippen LogP contribution in [0, 0.1) is 23.0 Å². The molecule has 0 saturated heterocycles. The topological polar surface area (TPSA) is 96.2 Å². The van der Waals surface area contributed by atoms with Crippen LogP contribution in [0.5, 0.6) is 5.88 Å². The van der Waals surface area contributed by atoms with Crippen molar-refractivity contribution in [2.24, 2.45) is 11.7 Å². The van der Waals surface area contributed by atoms with Gasteiger partial charge >= 0.3 is 5.69 Å². The van der Waals surface area contributed by atoms with Gasteiger partial charge in [-0.05, 0) is 38.6 Å². The molecule has 1 aliphatic rings. The van der Waals surface area contributed by atoms with Crippen LogP contribution in [0.3, 0.4) is 0 Å². The van der Waals surface area contributed by atoms with Crippen molar-refractivity contribution in [2.75, 3.05) is 6.54 Å². The van der Waals surface area contributed by atoms with Gasteiger partial charge in [-0.3, -0.25) is 10.1 Å². The lowest BCUT2D eigenvalue weighted by atomic mass is 9.82. The zero-order chi connectivity index (χ0) is 14.0. The molecule has 106 valence electrons. The van der Waals surface area contributed by atoms with Crippen LogP contribution in [-0.4, -0.2) is 27.4 Å². The van der Waals surface area contributed by atoms with Crippen LogP contribution < -0.4 is 10.5 Å². The van der Waals surface area contributed by atoms with Crippen LogP contribution in [0.1, 0.15) is 31.9 Å². The Kier molecular flexibility index (Phi) is 4.04. The predicted octanol–water partition coefficient (Wildman–Crippen LogP) is 1.63. The second-order valence-electron chi connectivity index (χ2n) is 5.03. The third-order valence-corrected chi connectivity index (χ3v) is 3.47. The summed E-state index contributed by atoms with van der Waals surface area (Å²) in [7, 11) is 0. The molecule has 19 heavy (non-hydrogen) atoms. The number of aryl methyl sites for hydroxylation is 2. The van der Waals surface area contributed by atoms with Gasteiger partial charge in [0.2, 0.25) is 0 Å². The van der Waals surface area contributed by atoms with Crippen molar-refractivity contribution in [1.82, 2.24) is 9.78 Å². The lowest BCUT2D eigenvalue weighted by Gasteiger charge is -2.34. The first-order chi connectivity index (χ1) is 9.06. The van der Waals surface area contributed by atoms with Crippen LogP contribution in [0.15, 0.2) is 0 Å². The average molecular weight is 268 g/mol. The summed E-state index contributed by atoms with van der Waals surface area (Å²) < 4.78 is 7.38. The van der Waals surface area contributed by atoms with E-state index >= 15 is 0 Å². The third kappa shape index (κ3) is 2.70. The highest BCUT2D eigenvalue weighted by Gasteiger charge is 2.34. The fourth-order valence-corrected chi connectivity index (χ4v) is 2.36. The Labute approximate surface area is 111 Å². The highest BCUT2D eigenvalue weighted by molar-refractivity contribution is 5.45. The molecule has 7 nitrogen and oxygen atoms in total. The van der Waals surface area contributed by atoms with Gasteiger partial charge in [-0.25, -0.2) is 4.68 Å². The SMILES string of the molecule is CCCn1nc(C)c([N+](=O)[O-])c1OC1CC(CN)C1. The molecule has 2 rings (SSSR count). The van der Waals surface area contributed by atoms with Crippen molar-refractivity contribution < 1.29 is 9.66 Å². The number of rotatable bonds is 6. The van der Waals surface area contributed by atoms with Crippen LogP contribution in [0.25, 0.3) is 0 Å². The summed E-state index contributed by atoms with van der Waals surface area (Å²) >= 11 is 0. The lowest BCUT2D eigenvalue weighted by Crippen LogP contribution is -2.38. The number of hydrogen-bond donors (Lipinski definition) is 1. The summed E-state index contributed by atoms with van der Waals surface area (Å²) in [4.78, 5) is 10.7. The molecule has 0 aromatic carbocycles. The van der Waals surface area contributed by atoms with Gasteiger partial charge in [-0.1, -0.05) is 6.92 Å². The average Bonchev–Trinajstić information content (AvgIpc) is 2.60. The maximum Gasteiger partial charge on any atom is 0.353 e. The summed E-state index contributed by atoms with van der Waals surface area (Å²) in [5.74, 6) is 0.775. The molecule has 7 heteroatoms. The minimum Gasteiger partial charge on any atom is -0.470 e. The number of aromatic nitrogens is 2. The molecule has 1 aromatic heterocycles. The molecule has 2 N–H and O–H groups in total. The van der Waals surface area contributed by atoms with Crippen molar-refractivity contribution in [2.45, 2.75) is 45.8 Å². The van der Waals surface area contributed by atoms with Gasteiger partial charge in [0.1, 0.15) is 11.8 Å². The minimum absolute atomic E-state index is 0.00958. The molecular formula is C12H20N4O3. The Bertz CT molecular complexity index is 466. The molecule has 0 spiro atoms. The van der Waals surface area contributed by atoms with E-state index in [0.717, 1.165) is 19.3 Å². The summed E-state index contributed by atoms with van der Waals surface area (Å²) in [6.45, 7) is 4.91. The molecule has 0 radical (unpaired) electrons. The monoisotopic (exact) mass is 268 g/mol. The molecule has 1 heterocycles. The first-order valence-corrected chi connectivity index (χ1v) is 6.65. The Hall–Kier alpha value is -1.63. The fourth-order valence-electron chi connectivity index (χ4n) is 2.36. The first kappa shape index (κ1) is 13.8. The Morgan fingerprint density at radius 1 is 1.58 bits per heavy atom. The van der Waals surface area contributed by atoms with E-state index in [1.165, 1.54) is 0 Å². The maximum atomic E-state index is 11.1. The van der Waals surface area contributed by atoms with Gasteiger partial charge in [-0.2, -0.15) is 5.10 Å². The minimum atomic E-state index is -0.414. The number of nitro groups is 1. The second-order valence-corrected chi connectivity index (χ2v) is 5.03. The maximum absolute atomic E-state index is 11.1. The zero-order valence-electron chi connectivity index (χ0n) is 11.3. The van der Waals surface area contributed by atoms with E-state index in [2.05, 4.69) is 5.10 Å². The fraction of sp³-hybridized carbons (Fsp3) is 0.750. The van der Waals surface area contributed by atoms with Crippen molar-refractivity contribution in [3.05, 3.63) is 15.8 Å². The second kappa shape index (κ2) is 5.56. The van der Waals surface area contributed by atoms with Crippen LogP contribution in [0.4, 0.5) is 5.69 Å². The molecular weight excluding hydrogens is 248 g/mol. The van der Waals surface area contributed by atoms with Gasteiger partial charge in [-0.15, -0.1) is 0 Å². The molecule has 0 unspecified atom stereocenters. The van der Waals surface area contributed by atoms with Gasteiger partial charge < -0.3 is 10.5 Å². The van der Waals surface area contributed by atoms with Gasteiger partial charge in [0, 0.05) is 6.54 Å². The van der Waals surface area contributed by atoms with E-state index in [0.29, 0.717) is 30.6 Å². The molecule has 0 bridgehead atoms. The molecule has 0 atom stereocenters. The van der Waals surface area contributed by atoms with Crippen LogP contribution >= 0.6 is 0 Å². The van der Waals surface area contributed by atoms with E-state index in [1.807, 2.05) is 6.92 Å². The van der Waals surface area contributed by atoms with Crippen molar-refractivity contribution in [3.63, 3.8) is 0 Å². The molecule has 1 saturated carbocycles. The third-order valence-electron chi connectivity index (χ3n) is 3.47. The summed E-state index contributed by atoms with van der Waals surface area (Å²) in [6.07, 6.45) is 2.61. The smallest absolute Gasteiger partial charge is 0.353 e. The number of nitrogens with two attached hydrogens (primary N) is 1. The van der Waals surface area contributed by atoms with Crippen molar-refractivity contribution >= 4 is 5.69 Å². The number of nitrogens with zero attached hydrogens (tertiary/aromatic N) is 3. The predicted molar refractivity (Wildman–Crippen MR) is 70.1 cm³/mol. The van der Waals surface area contributed by atoms with Crippen molar-refractivity contribution in [1.29, 1.82) is 0 Å². The Morgan fingerprint density at radius 2 is 2.26 bits per heavy atom. The highest BCUT2D eigenvalue weighted by Crippen LogP contribution is 2.36. The summed E-state index contributed by atoms with van der Waals surface area (Å²) in [5.41, 5.74) is 5.96. The van der Waals surface area contributed by atoms with E-state index in [4.69, 9.17) is 10.5 Å². The largest absolute Gasteiger partial charge is 0.470 e. The molecule has 0 amide bonds. The molecule has 1 fully saturated rings. The standard InChI is InChI=1S/C12H20N4O3/c1-3-4-15-12(11(16(17)18)8(2)14-15)19-10-5-9(6-10)7-13/h9-10H,3-7,13H2,1-2H3. The van der Waals surface area contributed by atoms with E-state index in [9.17, 15) is 10.1 Å². The summed E-state index contributed by atoms with van der Waals surface area (Å²) in [6, 6.07) is 0. The normalized spacial score (nSPS) is 22.1. The molecule has 1 aliphatic carbocycles. The highest BCUT2D eigenvalue weighted by atomic mass is 16.6. The number of hydrogen-bond acceptors (Lipinski definition) is 5. The van der Waals surface area contributed by atoms with Gasteiger partial charge in [0.15, 0.2) is 0 Å². The first-order valence-electron chi connectivity index (χ1n) is 6.65. The summed E-state index contributed by atoms with van der Waals surface area (Å²) in [5, 5.41) is 15.3. The van der Waals surface area contributed by atoms with E-state index in [1.54, 1.807) is 11.6 Å². The molecule has 1 aromatic rings. The van der Waals surface area contributed by atoms with Crippen LogP contribution in [-0.2, 0) is 6.54 Å². The van der Waals surface area contributed by atoms with E-state index in [-0.39, 0.29) is 11.8 Å². The quantitative estimate of drug-likeness (QED) is 0.624.